The fourth-order valence-electron chi connectivity index (χ4n) is 4.65. The number of nitrogens with zero attached hydrogens (tertiary/aromatic N) is 3. The first-order valence-corrected chi connectivity index (χ1v) is 11.3. The number of fused-ring (bicyclic) bond motifs is 1. The van der Waals surface area contributed by atoms with Gasteiger partial charge in [-0.05, 0) is 67.3 Å². The molecule has 1 amide bonds. The molecule has 0 aliphatic carbocycles. The van der Waals surface area contributed by atoms with E-state index in [0.29, 0.717) is 30.1 Å². The number of nitrogens with one attached hydrogen (secondary N) is 1. The second-order valence-electron chi connectivity index (χ2n) is 8.54. The molecule has 0 saturated carbocycles. The van der Waals surface area contributed by atoms with Crippen LogP contribution in [-0.2, 0) is 6.54 Å². The Bertz CT molecular complexity index is 1350. The predicted octanol–water partition coefficient (Wildman–Crippen LogP) is 4.94. The summed E-state index contributed by atoms with van der Waals surface area (Å²) in [7, 11) is 0. The number of hydrogen-bond acceptors (Lipinski definition) is 5. The van der Waals surface area contributed by atoms with Gasteiger partial charge in [0.25, 0.3) is 5.91 Å². The number of carbonyl (C=O) groups is 1. The highest BCUT2D eigenvalue weighted by Crippen LogP contribution is 2.46. The van der Waals surface area contributed by atoms with Crippen molar-refractivity contribution in [3.63, 3.8) is 0 Å². The van der Waals surface area contributed by atoms with Crippen molar-refractivity contribution in [1.82, 2.24) is 20.1 Å². The van der Waals surface area contributed by atoms with Crippen LogP contribution in [0.25, 0.3) is 11.3 Å². The van der Waals surface area contributed by atoms with E-state index in [2.05, 4.69) is 15.2 Å². The first kappa shape index (κ1) is 21.7. The third kappa shape index (κ3) is 3.69. The minimum atomic E-state index is -0.382. The summed E-state index contributed by atoms with van der Waals surface area (Å²) in [4.78, 5) is 19.6. The molecule has 0 radical (unpaired) electrons. The highest BCUT2D eigenvalue weighted by molar-refractivity contribution is 6.00. The van der Waals surface area contributed by atoms with Crippen LogP contribution in [0.5, 0.6) is 11.5 Å². The number of pyridine rings is 1. The molecule has 2 N–H and O–H groups in total. The van der Waals surface area contributed by atoms with Crippen LogP contribution >= 0.6 is 0 Å². The molecular weight excluding hydrogens is 428 g/mol. The van der Waals surface area contributed by atoms with Crippen molar-refractivity contribution in [2.75, 3.05) is 6.61 Å². The Labute approximate surface area is 198 Å². The monoisotopic (exact) mass is 454 g/mol. The molecule has 1 aliphatic heterocycles. The van der Waals surface area contributed by atoms with Crippen molar-refractivity contribution in [2.24, 2.45) is 0 Å². The molecule has 0 spiro atoms. The quantitative estimate of drug-likeness (QED) is 0.431. The average molecular weight is 455 g/mol. The highest BCUT2D eigenvalue weighted by atomic mass is 16.5. The number of aryl methyl sites for hydroxylation is 2. The Balaban J connectivity index is 1.66. The molecule has 3 heterocycles. The predicted molar refractivity (Wildman–Crippen MR) is 129 cm³/mol. The lowest BCUT2D eigenvalue weighted by Gasteiger charge is -2.26. The zero-order valence-electron chi connectivity index (χ0n) is 19.4. The highest BCUT2D eigenvalue weighted by Gasteiger charge is 2.42. The van der Waals surface area contributed by atoms with Crippen LogP contribution in [-0.4, -0.2) is 37.7 Å². The van der Waals surface area contributed by atoms with Crippen LogP contribution in [0.15, 0.2) is 60.9 Å². The van der Waals surface area contributed by atoms with Gasteiger partial charge >= 0.3 is 0 Å². The maximum absolute atomic E-state index is 13.6. The first-order chi connectivity index (χ1) is 16.5. The number of aromatic amines is 1. The lowest BCUT2D eigenvalue weighted by molar-refractivity contribution is 0.0730. The smallest absolute Gasteiger partial charge is 0.273 e. The number of hydrogen-bond donors (Lipinski definition) is 2. The molecule has 7 heteroatoms. The zero-order chi connectivity index (χ0) is 23.8. The van der Waals surface area contributed by atoms with Crippen molar-refractivity contribution in [3.8, 4) is 22.8 Å². The molecule has 0 fully saturated rings. The number of carbonyl (C=O) groups excluding carboxylic acids is 1. The number of amides is 1. The number of ether oxygens (including phenoxy) is 1. The van der Waals surface area contributed by atoms with Gasteiger partial charge in [-0.3, -0.25) is 14.9 Å². The standard InChI is InChI=1S/C27H26N4O3/c1-4-34-20-9-7-19(8-10-20)25-22-23(21-13-16(2)12-17(3)26(21)32)29-30-24(22)27(33)31(25)15-18-6-5-11-28-14-18/h5-14,25,32H,4,15H2,1-3H3,(H,29,30)/t25-/m0/s1. The maximum Gasteiger partial charge on any atom is 0.273 e. The van der Waals surface area contributed by atoms with Gasteiger partial charge in [-0.15, -0.1) is 0 Å². The van der Waals surface area contributed by atoms with Crippen LogP contribution in [0, 0.1) is 13.8 Å². The number of aromatic hydroxyl groups is 1. The molecule has 2 aromatic carbocycles. The van der Waals surface area contributed by atoms with Gasteiger partial charge in [-0.1, -0.05) is 24.3 Å². The third-order valence-electron chi connectivity index (χ3n) is 6.15. The molecule has 4 aromatic rings. The van der Waals surface area contributed by atoms with E-state index in [0.717, 1.165) is 33.6 Å². The number of H-pyrrole nitrogens is 1. The Kier molecular flexibility index (Phi) is 5.53. The summed E-state index contributed by atoms with van der Waals surface area (Å²) >= 11 is 0. The van der Waals surface area contributed by atoms with E-state index < -0.39 is 0 Å². The number of phenols is 1. The van der Waals surface area contributed by atoms with Gasteiger partial charge in [0.2, 0.25) is 0 Å². The molecular formula is C27H26N4O3. The van der Waals surface area contributed by atoms with E-state index in [1.807, 2.05) is 74.2 Å². The molecule has 7 nitrogen and oxygen atoms in total. The Morgan fingerprint density at radius 1 is 1.15 bits per heavy atom. The molecule has 5 rings (SSSR count). The summed E-state index contributed by atoms with van der Waals surface area (Å²) in [5, 5.41) is 18.3. The average Bonchev–Trinajstić information content (AvgIpc) is 3.37. The van der Waals surface area contributed by atoms with Gasteiger partial charge in [0, 0.05) is 30.1 Å². The molecule has 1 aliphatic rings. The van der Waals surface area contributed by atoms with Crippen LogP contribution in [0.4, 0.5) is 0 Å². The van der Waals surface area contributed by atoms with Crippen LogP contribution < -0.4 is 4.74 Å². The number of benzene rings is 2. The Morgan fingerprint density at radius 2 is 1.94 bits per heavy atom. The molecule has 0 bridgehead atoms. The number of phenolic OH excluding ortho intramolecular Hbond substituents is 1. The first-order valence-electron chi connectivity index (χ1n) is 11.3. The Hall–Kier alpha value is -4.13. The summed E-state index contributed by atoms with van der Waals surface area (Å²) < 4.78 is 5.62. The lowest BCUT2D eigenvalue weighted by atomic mass is 9.94. The van der Waals surface area contributed by atoms with Crippen molar-refractivity contribution in [3.05, 3.63) is 94.4 Å². The van der Waals surface area contributed by atoms with E-state index in [-0.39, 0.29) is 17.7 Å². The fraction of sp³-hybridized carbons (Fsp3) is 0.222. The van der Waals surface area contributed by atoms with Crippen molar-refractivity contribution >= 4 is 5.91 Å². The zero-order valence-corrected chi connectivity index (χ0v) is 19.4. The largest absolute Gasteiger partial charge is 0.507 e. The topological polar surface area (TPSA) is 91.3 Å². The molecule has 2 aromatic heterocycles. The van der Waals surface area contributed by atoms with Gasteiger partial charge < -0.3 is 14.7 Å². The maximum atomic E-state index is 13.6. The molecule has 1 atom stereocenters. The van der Waals surface area contributed by atoms with Crippen molar-refractivity contribution in [2.45, 2.75) is 33.4 Å². The van der Waals surface area contributed by atoms with Gasteiger partial charge in [0.1, 0.15) is 22.9 Å². The van der Waals surface area contributed by atoms with Crippen molar-refractivity contribution < 1.29 is 14.6 Å². The van der Waals surface area contributed by atoms with Crippen molar-refractivity contribution in [1.29, 1.82) is 0 Å². The van der Waals surface area contributed by atoms with E-state index in [1.54, 1.807) is 12.4 Å². The van der Waals surface area contributed by atoms with Crippen LogP contribution in [0.2, 0.25) is 0 Å². The third-order valence-corrected chi connectivity index (χ3v) is 6.15. The van der Waals surface area contributed by atoms with Gasteiger partial charge in [-0.25, -0.2) is 0 Å². The van der Waals surface area contributed by atoms with Crippen LogP contribution in [0.3, 0.4) is 0 Å². The van der Waals surface area contributed by atoms with E-state index in [4.69, 9.17) is 4.74 Å². The van der Waals surface area contributed by atoms with E-state index in [9.17, 15) is 9.90 Å². The minimum absolute atomic E-state index is 0.139. The Morgan fingerprint density at radius 3 is 2.65 bits per heavy atom. The summed E-state index contributed by atoms with van der Waals surface area (Å²) in [6, 6.07) is 15.1. The minimum Gasteiger partial charge on any atom is -0.507 e. The SMILES string of the molecule is CCOc1ccc([C@H]2c3c(-c4cc(C)cc(C)c4O)n[nH]c3C(=O)N2Cc2cccnc2)cc1. The number of rotatable bonds is 6. The summed E-state index contributed by atoms with van der Waals surface area (Å²) in [5.41, 5.74) is 6.04. The summed E-state index contributed by atoms with van der Waals surface area (Å²) in [6.45, 7) is 6.76. The molecule has 0 unspecified atom stereocenters. The molecule has 34 heavy (non-hydrogen) atoms. The number of aromatic nitrogens is 3. The van der Waals surface area contributed by atoms with Gasteiger partial charge in [-0.2, -0.15) is 5.10 Å². The molecule has 172 valence electrons. The second-order valence-corrected chi connectivity index (χ2v) is 8.54. The van der Waals surface area contributed by atoms with Crippen LogP contribution in [0.1, 0.15) is 51.3 Å². The summed E-state index contributed by atoms with van der Waals surface area (Å²) in [6.07, 6.45) is 3.48. The lowest BCUT2D eigenvalue weighted by Crippen LogP contribution is -2.29. The fourth-order valence-corrected chi connectivity index (χ4v) is 4.65. The van der Waals surface area contributed by atoms with E-state index >= 15 is 0 Å². The van der Waals surface area contributed by atoms with Gasteiger partial charge in [0.05, 0.1) is 12.6 Å². The van der Waals surface area contributed by atoms with E-state index in [1.165, 1.54) is 0 Å². The molecule has 0 saturated heterocycles. The summed E-state index contributed by atoms with van der Waals surface area (Å²) in [5.74, 6) is 0.804. The van der Waals surface area contributed by atoms with Gasteiger partial charge in [0.15, 0.2) is 0 Å². The normalized spacial score (nSPS) is 15.0. The second kappa shape index (κ2) is 8.67.